The highest BCUT2D eigenvalue weighted by molar-refractivity contribution is 7.80. The third kappa shape index (κ3) is 5.49. The van der Waals surface area contributed by atoms with Crippen molar-refractivity contribution in [3.8, 4) is 0 Å². The second-order valence-electron chi connectivity index (χ2n) is 16.3. The number of aliphatic hydroxyl groups excluding tert-OH is 3. The lowest BCUT2D eigenvalue weighted by atomic mass is 9.42. The largest absolute Gasteiger partial charge is 0.472 e. The van der Waals surface area contributed by atoms with Gasteiger partial charge in [0.15, 0.2) is 0 Å². The Balaban J connectivity index is 1.58. The van der Waals surface area contributed by atoms with Crippen LogP contribution in [-0.2, 0) is 28.2 Å². The number of hydrogen-bond acceptors (Lipinski definition) is 9. The number of rotatable bonds is 7. The van der Waals surface area contributed by atoms with E-state index in [-0.39, 0.29) is 40.9 Å². The molecule has 0 bridgehead atoms. The SMILES string of the molecule is COP(=O)(O)O[C@@H]1[C@H]2C[C@@](C)([C@@H](C)C(C)C)C[C@@H](C)[C@@H]2[C@@]2(C)CC[C@H]3[C@@H]([C@@H](O)[C@@H](O)[C@H]4[C@@H](O)C(OS(=O)(=O)O)CC[C@@]43C)[C@H]12. The minimum Gasteiger partial charge on any atom is -0.390 e. The van der Waals surface area contributed by atoms with Crippen molar-refractivity contribution in [3.63, 3.8) is 0 Å². The summed E-state index contributed by atoms with van der Waals surface area (Å²) in [6.45, 7) is 15.6. The zero-order chi connectivity index (χ0) is 32.9. The lowest BCUT2D eigenvalue weighted by Crippen LogP contribution is -2.68. The molecule has 0 saturated heterocycles. The van der Waals surface area contributed by atoms with E-state index in [4.69, 9.17) is 13.2 Å². The third-order valence-electron chi connectivity index (χ3n) is 14.0. The maximum atomic E-state index is 13.1. The van der Waals surface area contributed by atoms with Gasteiger partial charge in [0.25, 0.3) is 0 Å². The van der Waals surface area contributed by atoms with Gasteiger partial charge >= 0.3 is 18.2 Å². The average Bonchev–Trinajstić information content (AvgIpc) is 3.14. The summed E-state index contributed by atoms with van der Waals surface area (Å²) in [5, 5.41) is 35.0. The van der Waals surface area contributed by atoms with Crippen LogP contribution in [0.25, 0.3) is 0 Å². The number of phosphoric ester groups is 1. The fraction of sp³-hybridized carbons (Fsp3) is 1.00. The van der Waals surface area contributed by atoms with Gasteiger partial charge in [-0.15, -0.1) is 0 Å². The molecule has 44 heavy (non-hydrogen) atoms. The Morgan fingerprint density at radius 3 is 2.07 bits per heavy atom. The van der Waals surface area contributed by atoms with Gasteiger partial charge in [0.05, 0.1) is 24.4 Å². The molecule has 17 atom stereocenters. The molecule has 0 aromatic rings. The van der Waals surface area contributed by atoms with E-state index in [9.17, 15) is 37.7 Å². The number of hydrogen-bond donors (Lipinski definition) is 5. The van der Waals surface area contributed by atoms with Crippen molar-refractivity contribution in [3.05, 3.63) is 0 Å². The molecular formula is C31H55O11PS. The fourth-order valence-corrected chi connectivity index (χ4v) is 13.3. The summed E-state index contributed by atoms with van der Waals surface area (Å²) in [5.74, 6) is -0.688. The van der Waals surface area contributed by atoms with Crippen molar-refractivity contribution in [1.82, 2.24) is 0 Å². The van der Waals surface area contributed by atoms with Gasteiger partial charge in [-0.1, -0.05) is 48.5 Å². The van der Waals surface area contributed by atoms with Crippen LogP contribution in [0.1, 0.15) is 87.0 Å². The second kappa shape index (κ2) is 11.5. The lowest BCUT2D eigenvalue weighted by molar-refractivity contribution is -0.253. The van der Waals surface area contributed by atoms with E-state index in [1.165, 1.54) is 0 Å². The molecule has 0 heterocycles. The van der Waals surface area contributed by atoms with Crippen LogP contribution < -0.4 is 0 Å². The average molecular weight is 667 g/mol. The van der Waals surface area contributed by atoms with Gasteiger partial charge in [-0.2, -0.15) is 8.42 Å². The number of phosphoric acid groups is 1. The van der Waals surface area contributed by atoms with E-state index >= 15 is 0 Å². The van der Waals surface area contributed by atoms with Crippen LogP contribution in [0.15, 0.2) is 0 Å². The highest BCUT2D eigenvalue weighted by Crippen LogP contribution is 2.74. The van der Waals surface area contributed by atoms with Crippen molar-refractivity contribution >= 4 is 18.2 Å². The van der Waals surface area contributed by atoms with Crippen molar-refractivity contribution in [2.75, 3.05) is 7.11 Å². The normalized spacial score (nSPS) is 52.8. The Kier molecular flexibility index (Phi) is 9.18. The molecule has 5 aliphatic rings. The van der Waals surface area contributed by atoms with E-state index in [0.717, 1.165) is 26.4 Å². The first kappa shape index (κ1) is 35.2. The first-order chi connectivity index (χ1) is 20.1. The van der Waals surface area contributed by atoms with Crippen LogP contribution in [0.4, 0.5) is 0 Å². The fourth-order valence-electron chi connectivity index (χ4n) is 12.1. The Morgan fingerprint density at radius 1 is 0.886 bits per heavy atom. The topological polar surface area (TPSA) is 180 Å². The number of aliphatic hydroxyl groups is 3. The zero-order valence-electron chi connectivity index (χ0n) is 27.4. The Hall–Kier alpha value is -0.140. The van der Waals surface area contributed by atoms with Crippen LogP contribution in [0.5, 0.6) is 0 Å². The molecule has 0 spiro atoms. The summed E-state index contributed by atoms with van der Waals surface area (Å²) in [6, 6.07) is 0. The lowest BCUT2D eigenvalue weighted by Gasteiger charge is -2.64. The van der Waals surface area contributed by atoms with Crippen LogP contribution in [-0.4, -0.2) is 70.8 Å². The van der Waals surface area contributed by atoms with Gasteiger partial charge in [-0.05, 0) is 102 Å². The summed E-state index contributed by atoms with van der Waals surface area (Å²) in [6.07, 6.45) is -2.21. The summed E-state index contributed by atoms with van der Waals surface area (Å²) in [5.41, 5.74) is -1.07. The smallest absolute Gasteiger partial charge is 0.390 e. The third-order valence-corrected chi connectivity index (χ3v) is 15.5. The molecule has 13 heteroatoms. The number of fused-ring (bicyclic) bond motifs is 7. The first-order valence-electron chi connectivity index (χ1n) is 16.4. The van der Waals surface area contributed by atoms with Gasteiger partial charge in [0.1, 0.15) is 6.10 Å². The van der Waals surface area contributed by atoms with Gasteiger partial charge in [0, 0.05) is 13.0 Å². The molecule has 256 valence electrons. The van der Waals surface area contributed by atoms with Gasteiger partial charge in [0.2, 0.25) is 0 Å². The zero-order valence-corrected chi connectivity index (χ0v) is 29.1. The van der Waals surface area contributed by atoms with Crippen molar-refractivity contribution in [1.29, 1.82) is 0 Å². The molecule has 2 unspecified atom stereocenters. The summed E-state index contributed by atoms with van der Waals surface area (Å²) in [7, 11) is -8.11. The van der Waals surface area contributed by atoms with Crippen molar-refractivity contribution in [2.24, 2.45) is 69.5 Å². The molecule has 0 aromatic carbocycles. The van der Waals surface area contributed by atoms with Gasteiger partial charge < -0.3 is 20.2 Å². The highest BCUT2D eigenvalue weighted by Gasteiger charge is 2.72. The predicted octanol–water partition coefficient (Wildman–Crippen LogP) is 4.44. The molecule has 11 nitrogen and oxygen atoms in total. The van der Waals surface area contributed by atoms with Crippen LogP contribution in [0, 0.1) is 69.5 Å². The molecule has 5 fully saturated rings. The van der Waals surface area contributed by atoms with Gasteiger partial charge in [-0.3, -0.25) is 13.6 Å². The van der Waals surface area contributed by atoms with E-state index in [1.807, 2.05) is 6.92 Å². The van der Waals surface area contributed by atoms with Crippen LogP contribution >= 0.6 is 7.82 Å². The molecule has 5 aliphatic carbocycles. The van der Waals surface area contributed by atoms with Crippen LogP contribution in [0.3, 0.4) is 0 Å². The molecule has 0 aromatic heterocycles. The maximum Gasteiger partial charge on any atom is 0.472 e. The monoisotopic (exact) mass is 666 g/mol. The highest BCUT2D eigenvalue weighted by atomic mass is 32.3. The van der Waals surface area contributed by atoms with Crippen LogP contribution in [0.2, 0.25) is 0 Å². The summed E-state index contributed by atoms with van der Waals surface area (Å²) >= 11 is 0. The van der Waals surface area contributed by atoms with E-state index in [2.05, 4.69) is 41.5 Å². The molecule has 0 aliphatic heterocycles. The van der Waals surface area contributed by atoms with E-state index < -0.39 is 66.0 Å². The van der Waals surface area contributed by atoms with Crippen molar-refractivity contribution in [2.45, 2.75) is 118 Å². The quantitative estimate of drug-likeness (QED) is 0.192. The van der Waals surface area contributed by atoms with E-state index in [1.54, 1.807) is 0 Å². The Morgan fingerprint density at radius 2 is 1.50 bits per heavy atom. The minimum absolute atomic E-state index is 0.0244. The molecule has 5 N–H and O–H groups in total. The molecule has 0 amide bonds. The molecule has 5 saturated carbocycles. The van der Waals surface area contributed by atoms with Gasteiger partial charge in [-0.25, -0.2) is 8.75 Å². The molecule has 5 rings (SSSR count). The molecular weight excluding hydrogens is 611 g/mol. The predicted molar refractivity (Wildman–Crippen MR) is 162 cm³/mol. The Bertz CT molecular complexity index is 1250. The molecule has 0 radical (unpaired) electrons. The van der Waals surface area contributed by atoms with E-state index in [0.29, 0.717) is 30.6 Å². The maximum absolute atomic E-state index is 13.1. The summed E-state index contributed by atoms with van der Waals surface area (Å²) < 4.78 is 61.4. The summed E-state index contributed by atoms with van der Waals surface area (Å²) in [4.78, 5) is 10.7. The Labute approximate surface area is 263 Å². The standard InChI is InChI=1S/C31H55O11PS/c1-15(2)17(4)29(5)13-16(3)22-18(14-29)28(41-43(35,36)40-8)23-21-19(9-11-31(22,23)7)30(6)12-10-20(42-44(37,38)39)25(32)24(30)27(34)26(21)33/h15-28,32-34H,9-14H2,1-8H3,(H,35,36)(H,37,38,39)/t16-,17+,18+,19+,20?,21-,22+,23-,24-,25+,26-,27+,28-,29+,30-,31-/m1/s1. The van der Waals surface area contributed by atoms with Crippen molar-refractivity contribution < 1.29 is 51.0 Å². The first-order valence-corrected chi connectivity index (χ1v) is 19.2. The second-order valence-corrected chi connectivity index (χ2v) is 18.9. The minimum atomic E-state index is -4.84.